The van der Waals surface area contributed by atoms with Crippen LogP contribution in [0.4, 0.5) is 4.79 Å². The SMILES string of the molecule is C=C(CC(O)C(CC(COCc1ccccc1)C(C)C)NC(=O)OC(C)(C)C)C(=O)NCCCC. The van der Waals surface area contributed by atoms with Gasteiger partial charge in [-0.3, -0.25) is 4.79 Å². The van der Waals surface area contributed by atoms with Gasteiger partial charge in [0.15, 0.2) is 0 Å². The number of ether oxygens (including phenoxy) is 2. The highest BCUT2D eigenvalue weighted by Gasteiger charge is 2.30. The molecule has 7 nitrogen and oxygen atoms in total. The van der Waals surface area contributed by atoms with Gasteiger partial charge in [0.1, 0.15) is 5.60 Å². The van der Waals surface area contributed by atoms with Crippen molar-refractivity contribution in [3.05, 3.63) is 48.0 Å². The number of hydrogen-bond acceptors (Lipinski definition) is 5. The molecule has 0 aliphatic heterocycles. The number of carbonyl (C=O) groups excluding carboxylic acids is 2. The van der Waals surface area contributed by atoms with E-state index in [2.05, 4.69) is 31.1 Å². The fraction of sp³-hybridized carbons (Fsp3) is 0.643. The van der Waals surface area contributed by atoms with Gasteiger partial charge in [0.2, 0.25) is 5.91 Å². The first kappa shape index (κ1) is 30.7. The van der Waals surface area contributed by atoms with Gasteiger partial charge in [-0.25, -0.2) is 4.79 Å². The standard InChI is InChI=1S/C28H46N2O5/c1-8-9-15-29-26(32)21(4)16-25(31)24(30-27(33)35-28(5,6)7)17-23(20(2)3)19-34-18-22-13-11-10-12-14-22/h10-14,20,23-25,31H,4,8-9,15-19H2,1-3,5-7H3,(H,29,32)(H,30,33). The molecule has 3 N–H and O–H groups in total. The molecule has 0 fully saturated rings. The summed E-state index contributed by atoms with van der Waals surface area (Å²) in [5.41, 5.74) is 0.702. The van der Waals surface area contributed by atoms with Crippen molar-refractivity contribution in [2.75, 3.05) is 13.2 Å². The van der Waals surface area contributed by atoms with Gasteiger partial charge in [-0.15, -0.1) is 0 Å². The molecule has 0 radical (unpaired) electrons. The number of aliphatic hydroxyl groups excluding tert-OH is 1. The normalized spacial score (nSPS) is 14.2. The molecule has 3 unspecified atom stereocenters. The number of hydrogen-bond donors (Lipinski definition) is 3. The second-order valence-electron chi connectivity index (χ2n) is 10.5. The van der Waals surface area contributed by atoms with Crippen molar-refractivity contribution in [2.24, 2.45) is 11.8 Å². The quantitative estimate of drug-likeness (QED) is 0.238. The summed E-state index contributed by atoms with van der Waals surface area (Å²) in [6, 6.07) is 9.31. The second-order valence-corrected chi connectivity index (χ2v) is 10.5. The highest BCUT2D eigenvalue weighted by atomic mass is 16.6. The molecule has 1 aromatic rings. The predicted octanol–water partition coefficient (Wildman–Crippen LogP) is 4.98. The fourth-order valence-corrected chi connectivity index (χ4v) is 3.52. The van der Waals surface area contributed by atoms with E-state index in [0.717, 1.165) is 18.4 Å². The lowest BCUT2D eigenvalue weighted by Crippen LogP contribution is -2.47. The zero-order chi connectivity index (χ0) is 26.4. The molecular weight excluding hydrogens is 444 g/mol. The highest BCUT2D eigenvalue weighted by molar-refractivity contribution is 5.92. The Balaban J connectivity index is 2.85. The summed E-state index contributed by atoms with van der Waals surface area (Å²) in [6.45, 7) is 17.0. The largest absolute Gasteiger partial charge is 0.444 e. The molecule has 7 heteroatoms. The van der Waals surface area contributed by atoms with Crippen LogP contribution >= 0.6 is 0 Å². The van der Waals surface area contributed by atoms with Crippen LogP contribution in [0.1, 0.15) is 72.8 Å². The van der Waals surface area contributed by atoms with Crippen LogP contribution in [0.2, 0.25) is 0 Å². The molecule has 0 saturated heterocycles. The lowest BCUT2D eigenvalue weighted by Gasteiger charge is -2.31. The van der Waals surface area contributed by atoms with Crippen molar-refractivity contribution in [1.82, 2.24) is 10.6 Å². The molecule has 35 heavy (non-hydrogen) atoms. The summed E-state index contributed by atoms with van der Waals surface area (Å²) >= 11 is 0. The van der Waals surface area contributed by atoms with Gasteiger partial charge in [-0.1, -0.05) is 64.1 Å². The monoisotopic (exact) mass is 490 g/mol. The third-order valence-corrected chi connectivity index (χ3v) is 5.70. The molecule has 1 rings (SSSR count). The minimum atomic E-state index is -0.998. The van der Waals surface area contributed by atoms with E-state index >= 15 is 0 Å². The van der Waals surface area contributed by atoms with Gasteiger partial charge in [0.05, 0.1) is 25.4 Å². The summed E-state index contributed by atoms with van der Waals surface area (Å²) in [4.78, 5) is 24.9. The first-order chi connectivity index (χ1) is 16.4. The third kappa shape index (κ3) is 13.3. The summed E-state index contributed by atoms with van der Waals surface area (Å²) < 4.78 is 11.4. The topological polar surface area (TPSA) is 96.9 Å². The fourth-order valence-electron chi connectivity index (χ4n) is 3.52. The molecule has 0 bridgehead atoms. The molecule has 198 valence electrons. The minimum Gasteiger partial charge on any atom is -0.444 e. The Hall–Kier alpha value is -2.38. The number of carbonyl (C=O) groups is 2. The maximum Gasteiger partial charge on any atom is 0.407 e. The first-order valence-corrected chi connectivity index (χ1v) is 12.7. The van der Waals surface area contributed by atoms with E-state index in [1.54, 1.807) is 20.8 Å². The van der Waals surface area contributed by atoms with Gasteiger partial charge < -0.3 is 25.2 Å². The number of rotatable bonds is 15. The second kappa shape index (κ2) is 15.6. The van der Waals surface area contributed by atoms with E-state index in [9.17, 15) is 14.7 Å². The van der Waals surface area contributed by atoms with Crippen molar-refractivity contribution in [2.45, 2.75) is 91.6 Å². The number of amides is 2. The van der Waals surface area contributed by atoms with E-state index in [-0.39, 0.29) is 29.7 Å². The van der Waals surface area contributed by atoms with Crippen molar-refractivity contribution in [1.29, 1.82) is 0 Å². The molecular formula is C28H46N2O5. The van der Waals surface area contributed by atoms with E-state index in [1.807, 2.05) is 37.3 Å². The van der Waals surface area contributed by atoms with E-state index in [0.29, 0.717) is 26.2 Å². The van der Waals surface area contributed by atoms with Gasteiger partial charge >= 0.3 is 6.09 Å². The number of nitrogens with one attached hydrogen (secondary N) is 2. The van der Waals surface area contributed by atoms with Crippen molar-refractivity contribution < 1.29 is 24.2 Å². The molecule has 1 aromatic carbocycles. The maximum absolute atomic E-state index is 12.5. The van der Waals surface area contributed by atoms with Crippen molar-refractivity contribution >= 4 is 12.0 Å². The number of aliphatic hydroxyl groups is 1. The summed E-state index contributed by atoms with van der Waals surface area (Å²) in [7, 11) is 0. The van der Waals surface area contributed by atoms with Crippen molar-refractivity contribution in [3.63, 3.8) is 0 Å². The lowest BCUT2D eigenvalue weighted by molar-refractivity contribution is -0.117. The lowest BCUT2D eigenvalue weighted by atomic mass is 9.86. The van der Waals surface area contributed by atoms with Crippen LogP contribution in [-0.4, -0.2) is 48.0 Å². The number of unbranched alkanes of at least 4 members (excludes halogenated alkanes) is 1. The molecule has 0 saturated carbocycles. The summed E-state index contributed by atoms with van der Waals surface area (Å²) in [5.74, 6) is 0.0431. The Kier molecular flexibility index (Phi) is 13.6. The zero-order valence-corrected chi connectivity index (χ0v) is 22.4. The van der Waals surface area contributed by atoms with Crippen LogP contribution in [0.25, 0.3) is 0 Å². The molecule has 0 spiro atoms. The molecule has 0 aromatic heterocycles. The minimum absolute atomic E-state index is 0.0497. The maximum atomic E-state index is 12.5. The Morgan fingerprint density at radius 3 is 2.37 bits per heavy atom. The molecule has 2 amide bonds. The van der Waals surface area contributed by atoms with Crippen LogP contribution in [0.3, 0.4) is 0 Å². The average molecular weight is 491 g/mol. The Morgan fingerprint density at radius 1 is 1.14 bits per heavy atom. The number of alkyl carbamates (subject to hydrolysis) is 1. The van der Waals surface area contributed by atoms with E-state index in [1.165, 1.54) is 0 Å². The van der Waals surface area contributed by atoms with Gasteiger partial charge in [-0.2, -0.15) is 0 Å². The molecule has 0 aliphatic carbocycles. The molecule has 0 aliphatic rings. The van der Waals surface area contributed by atoms with Crippen LogP contribution in [0, 0.1) is 11.8 Å². The zero-order valence-electron chi connectivity index (χ0n) is 22.4. The third-order valence-electron chi connectivity index (χ3n) is 5.70. The Labute approximate surface area is 211 Å². The van der Waals surface area contributed by atoms with Gasteiger partial charge in [-0.05, 0) is 51.0 Å². The van der Waals surface area contributed by atoms with Crippen LogP contribution in [0.15, 0.2) is 42.5 Å². The first-order valence-electron chi connectivity index (χ1n) is 12.7. The van der Waals surface area contributed by atoms with Gasteiger partial charge in [0, 0.05) is 18.5 Å². The van der Waals surface area contributed by atoms with Gasteiger partial charge in [0.25, 0.3) is 0 Å². The smallest absolute Gasteiger partial charge is 0.407 e. The molecule has 3 atom stereocenters. The van der Waals surface area contributed by atoms with Crippen LogP contribution < -0.4 is 10.6 Å². The van der Waals surface area contributed by atoms with Crippen LogP contribution in [-0.2, 0) is 20.9 Å². The Bertz CT molecular complexity index is 773. The van der Waals surface area contributed by atoms with Crippen molar-refractivity contribution in [3.8, 4) is 0 Å². The van der Waals surface area contributed by atoms with E-state index in [4.69, 9.17) is 9.47 Å². The number of benzene rings is 1. The summed E-state index contributed by atoms with van der Waals surface area (Å²) in [6.07, 6.45) is 0.768. The average Bonchev–Trinajstić information content (AvgIpc) is 2.77. The molecule has 0 heterocycles. The van der Waals surface area contributed by atoms with Crippen LogP contribution in [0.5, 0.6) is 0 Å². The van der Waals surface area contributed by atoms with E-state index < -0.39 is 23.8 Å². The highest BCUT2D eigenvalue weighted by Crippen LogP contribution is 2.22. The predicted molar refractivity (Wildman–Crippen MR) is 140 cm³/mol. The summed E-state index contributed by atoms with van der Waals surface area (Å²) in [5, 5.41) is 16.7. The Morgan fingerprint density at radius 2 is 1.80 bits per heavy atom.